The van der Waals surface area contributed by atoms with E-state index >= 15 is 0 Å². The van der Waals surface area contributed by atoms with E-state index in [2.05, 4.69) is 72.8 Å². The van der Waals surface area contributed by atoms with Gasteiger partial charge in [-0.15, -0.1) is 0 Å². The van der Waals surface area contributed by atoms with Gasteiger partial charge in [-0.05, 0) is 69.1 Å². The number of aliphatic hydroxyl groups excluding tert-OH is 1. The second-order valence-corrected chi connectivity index (χ2v) is 31.0. The minimum absolute atomic E-state index is 0.0848. The first-order valence-corrected chi connectivity index (χ1v) is 41.7. The van der Waals surface area contributed by atoms with Crippen molar-refractivity contribution in [3.8, 4) is 0 Å². The van der Waals surface area contributed by atoms with Crippen molar-refractivity contribution in [3.05, 3.63) is 24.3 Å². The lowest BCUT2D eigenvalue weighted by Gasteiger charge is -2.21. The van der Waals surface area contributed by atoms with Gasteiger partial charge in [0, 0.05) is 25.7 Å². The van der Waals surface area contributed by atoms with Gasteiger partial charge in [-0.25, -0.2) is 9.13 Å². The Bertz CT molecular complexity index is 1950. The molecule has 5 atom stereocenters. The minimum atomic E-state index is -4.97. The number of ether oxygens (including phenoxy) is 4. The number of phosphoric acid groups is 2. The van der Waals surface area contributed by atoms with Gasteiger partial charge in [-0.2, -0.15) is 0 Å². The van der Waals surface area contributed by atoms with E-state index in [1.165, 1.54) is 154 Å². The van der Waals surface area contributed by atoms with E-state index in [-0.39, 0.29) is 25.7 Å². The molecule has 0 aliphatic rings. The smallest absolute Gasteiger partial charge is 0.462 e. The van der Waals surface area contributed by atoms with Crippen molar-refractivity contribution >= 4 is 39.5 Å². The Kier molecular flexibility index (Phi) is 64.4. The Hall–Kier alpha value is -2.46. The number of carbonyl (C=O) groups is 4. The first-order valence-electron chi connectivity index (χ1n) is 38.7. The van der Waals surface area contributed by atoms with Crippen molar-refractivity contribution in [1.82, 2.24) is 0 Å². The SMILES string of the molecule is CCCCCC/C=C\C=C/CCCCCCCC(=O)O[C@H](COC(=O)CCCCCCCCCCCCCCCC(C)C)COP(=O)(O)OCC(O)COP(=O)(O)OC[C@@H](COC(=O)CCCCCCCCCC(C)C)OC(=O)CCCCCCCCCCCCCC(C)C. The van der Waals surface area contributed by atoms with Gasteiger partial charge in [0.25, 0.3) is 0 Å². The summed E-state index contributed by atoms with van der Waals surface area (Å²) < 4.78 is 68.5. The summed E-state index contributed by atoms with van der Waals surface area (Å²) in [5, 5.41) is 10.6. The van der Waals surface area contributed by atoms with Crippen molar-refractivity contribution in [3.63, 3.8) is 0 Å². The van der Waals surface area contributed by atoms with Crippen LogP contribution >= 0.6 is 15.6 Å². The van der Waals surface area contributed by atoms with Crippen molar-refractivity contribution in [1.29, 1.82) is 0 Å². The molecule has 0 bridgehead atoms. The van der Waals surface area contributed by atoms with Gasteiger partial charge in [0.1, 0.15) is 19.3 Å². The van der Waals surface area contributed by atoms with Crippen LogP contribution in [0, 0.1) is 17.8 Å². The van der Waals surface area contributed by atoms with Crippen LogP contribution in [0.1, 0.15) is 363 Å². The first kappa shape index (κ1) is 92.5. The van der Waals surface area contributed by atoms with Gasteiger partial charge in [0.2, 0.25) is 0 Å². The fourth-order valence-electron chi connectivity index (χ4n) is 11.1. The molecule has 0 radical (unpaired) electrons. The molecule has 19 heteroatoms. The molecule has 0 heterocycles. The lowest BCUT2D eigenvalue weighted by atomic mass is 10.0. The van der Waals surface area contributed by atoms with Gasteiger partial charge in [0.05, 0.1) is 26.4 Å². The first-order chi connectivity index (χ1) is 45.7. The number of hydrogen-bond donors (Lipinski definition) is 3. The van der Waals surface area contributed by atoms with Crippen molar-refractivity contribution in [2.45, 2.75) is 381 Å². The lowest BCUT2D eigenvalue weighted by molar-refractivity contribution is -0.161. The number of carbonyl (C=O) groups excluding carboxylic acids is 4. The van der Waals surface area contributed by atoms with Gasteiger partial charge in [-0.3, -0.25) is 37.3 Å². The average Bonchev–Trinajstić information content (AvgIpc) is 2.66. The maximum atomic E-state index is 13.1. The fraction of sp³-hybridized carbons (Fsp3) is 0.895. The molecule has 0 rings (SSSR count). The van der Waals surface area contributed by atoms with E-state index in [0.717, 1.165) is 121 Å². The Balaban J connectivity index is 5.29. The van der Waals surface area contributed by atoms with E-state index < -0.39 is 97.5 Å². The molecule has 3 N–H and O–H groups in total. The molecule has 0 amide bonds. The highest BCUT2D eigenvalue weighted by Crippen LogP contribution is 2.45. The predicted octanol–water partition coefficient (Wildman–Crippen LogP) is 21.7. The van der Waals surface area contributed by atoms with Gasteiger partial charge < -0.3 is 33.8 Å². The monoisotopic (exact) mass is 1390 g/mol. The molecule has 0 saturated heterocycles. The van der Waals surface area contributed by atoms with E-state index in [9.17, 15) is 43.2 Å². The third-order valence-electron chi connectivity index (χ3n) is 17.0. The largest absolute Gasteiger partial charge is 0.472 e. The molecule has 560 valence electrons. The Labute approximate surface area is 580 Å². The summed E-state index contributed by atoms with van der Waals surface area (Å²) in [6, 6.07) is 0. The molecule has 0 aromatic rings. The zero-order chi connectivity index (χ0) is 70.1. The highest BCUT2D eigenvalue weighted by atomic mass is 31.2. The topological polar surface area (TPSA) is 237 Å². The van der Waals surface area contributed by atoms with Gasteiger partial charge in [-0.1, -0.05) is 310 Å². The standard InChI is InChI=1S/C76H144O17P2/c1-8-9-10-11-12-13-14-15-16-19-25-30-37-45-52-59-75(80)92-71(63-86-73(78)57-50-43-36-29-24-20-17-18-22-27-33-40-47-54-67(2)3)65-90-94(82,83)88-61-70(77)62-89-95(84,85)91-66-72(64-87-74(79)58-51-44-39-32-35-42-49-56-69(6)7)93-76(81)60-53-46-38-31-26-21-23-28-34-41-48-55-68(4)5/h13-16,67-72,77H,8-12,17-66H2,1-7H3,(H,82,83)(H,84,85)/b14-13-,16-15-/t70?,71-,72-/m1/s1. The third kappa shape index (κ3) is 69.8. The summed E-state index contributed by atoms with van der Waals surface area (Å²) in [7, 11) is -9.93. The van der Waals surface area contributed by atoms with Crippen molar-refractivity contribution in [2.75, 3.05) is 39.6 Å². The average molecular weight is 1390 g/mol. The summed E-state index contributed by atoms with van der Waals surface area (Å²) in [5.41, 5.74) is 0. The maximum absolute atomic E-state index is 13.1. The zero-order valence-corrected chi connectivity index (χ0v) is 63.4. The molecule has 0 aromatic heterocycles. The minimum Gasteiger partial charge on any atom is -0.462 e. The molecule has 0 fully saturated rings. The number of esters is 4. The normalized spacial score (nSPS) is 14.2. The number of aliphatic hydroxyl groups is 1. The fourth-order valence-corrected chi connectivity index (χ4v) is 12.6. The van der Waals surface area contributed by atoms with Gasteiger partial charge >= 0.3 is 39.5 Å². The number of allylic oxidation sites excluding steroid dienone is 4. The molecular weight excluding hydrogens is 1250 g/mol. The van der Waals surface area contributed by atoms with Crippen LogP contribution in [0.15, 0.2) is 24.3 Å². The van der Waals surface area contributed by atoms with Crippen molar-refractivity contribution in [2.24, 2.45) is 17.8 Å². The third-order valence-corrected chi connectivity index (χ3v) is 18.9. The molecule has 0 spiro atoms. The molecular formula is C76H144O17P2. The van der Waals surface area contributed by atoms with E-state index in [4.69, 9.17) is 37.0 Å². The summed E-state index contributed by atoms with van der Waals surface area (Å²) in [6.45, 7) is 11.8. The van der Waals surface area contributed by atoms with Crippen LogP contribution in [0.3, 0.4) is 0 Å². The quantitative estimate of drug-likeness (QED) is 0.0169. The van der Waals surface area contributed by atoms with Crippen LogP contribution in [0.25, 0.3) is 0 Å². The number of rotatable bonds is 72. The number of phosphoric ester groups is 2. The highest BCUT2D eigenvalue weighted by molar-refractivity contribution is 7.47. The molecule has 3 unspecified atom stereocenters. The van der Waals surface area contributed by atoms with Crippen LogP contribution in [-0.4, -0.2) is 96.7 Å². The summed E-state index contributed by atoms with van der Waals surface area (Å²) in [6.07, 6.45) is 54.9. The van der Waals surface area contributed by atoms with Crippen LogP contribution in [0.4, 0.5) is 0 Å². The number of hydrogen-bond acceptors (Lipinski definition) is 15. The highest BCUT2D eigenvalue weighted by Gasteiger charge is 2.30. The molecule has 0 aliphatic carbocycles. The molecule has 95 heavy (non-hydrogen) atoms. The Morgan fingerprint density at radius 3 is 0.853 bits per heavy atom. The van der Waals surface area contributed by atoms with E-state index in [1.807, 2.05) is 0 Å². The molecule has 0 saturated carbocycles. The van der Waals surface area contributed by atoms with Crippen LogP contribution < -0.4 is 0 Å². The second-order valence-electron chi connectivity index (χ2n) is 28.1. The van der Waals surface area contributed by atoms with E-state index in [1.54, 1.807) is 0 Å². The summed E-state index contributed by atoms with van der Waals surface area (Å²) in [4.78, 5) is 72.8. The van der Waals surface area contributed by atoms with Gasteiger partial charge in [0.15, 0.2) is 12.2 Å². The summed E-state index contributed by atoms with van der Waals surface area (Å²) in [5.74, 6) is 0.107. The van der Waals surface area contributed by atoms with E-state index in [0.29, 0.717) is 31.6 Å². The lowest BCUT2D eigenvalue weighted by Crippen LogP contribution is -2.30. The molecule has 17 nitrogen and oxygen atoms in total. The summed E-state index contributed by atoms with van der Waals surface area (Å²) >= 11 is 0. The van der Waals surface area contributed by atoms with Crippen LogP contribution in [-0.2, 0) is 65.4 Å². The van der Waals surface area contributed by atoms with Crippen molar-refractivity contribution < 1.29 is 80.2 Å². The Morgan fingerprint density at radius 2 is 0.568 bits per heavy atom. The number of unbranched alkanes of at least 4 members (excludes halogenated alkanes) is 37. The van der Waals surface area contributed by atoms with Crippen LogP contribution in [0.5, 0.6) is 0 Å². The Morgan fingerprint density at radius 1 is 0.326 bits per heavy atom. The maximum Gasteiger partial charge on any atom is 0.472 e. The second kappa shape index (κ2) is 66.1. The molecule has 0 aliphatic heterocycles. The predicted molar refractivity (Wildman–Crippen MR) is 386 cm³/mol. The zero-order valence-electron chi connectivity index (χ0n) is 61.6. The molecule has 0 aromatic carbocycles. The van der Waals surface area contributed by atoms with Crippen LogP contribution in [0.2, 0.25) is 0 Å².